The van der Waals surface area contributed by atoms with Crippen molar-refractivity contribution in [1.82, 2.24) is 5.32 Å². The zero-order valence-corrected chi connectivity index (χ0v) is 22.1. The number of hydrogen-bond acceptors (Lipinski definition) is 13. The summed E-state index contributed by atoms with van der Waals surface area (Å²) in [5.74, 6) is -4.00. The fourth-order valence-electron chi connectivity index (χ4n) is 3.51. The van der Waals surface area contributed by atoms with Crippen LogP contribution >= 0.6 is 0 Å². The maximum absolute atomic E-state index is 12.7. The van der Waals surface area contributed by atoms with Crippen LogP contribution in [0.4, 0.5) is 4.79 Å². The van der Waals surface area contributed by atoms with Crippen molar-refractivity contribution in [1.29, 1.82) is 0 Å². The zero-order valence-electron chi connectivity index (χ0n) is 22.1. The van der Waals surface area contributed by atoms with E-state index in [9.17, 15) is 28.8 Å². The van der Waals surface area contributed by atoms with Crippen LogP contribution < -0.4 is 5.32 Å². The van der Waals surface area contributed by atoms with Gasteiger partial charge in [0.25, 0.3) is 0 Å². The maximum atomic E-state index is 12.7. The van der Waals surface area contributed by atoms with Gasteiger partial charge < -0.3 is 38.5 Å². The molecule has 0 aromatic heterocycles. The van der Waals surface area contributed by atoms with E-state index in [4.69, 9.17) is 33.2 Å². The first-order chi connectivity index (χ1) is 18.4. The lowest BCUT2D eigenvalue weighted by Crippen LogP contribution is -2.63. The minimum atomic E-state index is -1.74. The summed E-state index contributed by atoms with van der Waals surface area (Å²) in [7, 11) is 0. The Bertz CT molecular complexity index is 1040. The van der Waals surface area contributed by atoms with Crippen molar-refractivity contribution >= 4 is 35.9 Å². The van der Waals surface area contributed by atoms with Gasteiger partial charge in [0.05, 0.1) is 0 Å². The van der Waals surface area contributed by atoms with Crippen LogP contribution in [0.15, 0.2) is 30.3 Å². The minimum Gasteiger partial charge on any atom is -0.463 e. The topological polar surface area (TPSA) is 179 Å². The standard InChI is InChI=1S/C25H31NO13/c1-13(23(31)34-11-18-9-7-6-8-10-18)26-25(32)39-24-22(37-17(5)30)21(36-16(4)29)20(35-15(3)28)19(38-24)12-33-14(2)27/h6-10,13,19-22,24H,11-12H2,1-5H3,(H,26,32)/t13-,19+,20+,21-,22+,24?/m0/s1. The molecule has 0 saturated carbocycles. The summed E-state index contributed by atoms with van der Waals surface area (Å²) < 4.78 is 36.8. The summed E-state index contributed by atoms with van der Waals surface area (Å²) in [4.78, 5) is 71.8. The van der Waals surface area contributed by atoms with Crippen LogP contribution in [0.2, 0.25) is 0 Å². The van der Waals surface area contributed by atoms with Crippen molar-refractivity contribution < 1.29 is 61.9 Å². The highest BCUT2D eigenvalue weighted by molar-refractivity contribution is 5.81. The molecular weight excluding hydrogens is 522 g/mol. The van der Waals surface area contributed by atoms with E-state index in [0.717, 1.165) is 33.3 Å². The second-order valence-corrected chi connectivity index (χ2v) is 8.43. The number of carbonyl (C=O) groups is 6. The van der Waals surface area contributed by atoms with E-state index in [1.807, 2.05) is 0 Å². The van der Waals surface area contributed by atoms with Crippen LogP contribution in [0.1, 0.15) is 40.2 Å². The molecule has 0 spiro atoms. The predicted octanol–water partition coefficient (Wildman–Crippen LogP) is 0.928. The van der Waals surface area contributed by atoms with Gasteiger partial charge in [0.15, 0.2) is 12.2 Å². The highest BCUT2D eigenvalue weighted by Crippen LogP contribution is 2.30. The molecule has 1 aliphatic heterocycles. The lowest BCUT2D eigenvalue weighted by molar-refractivity contribution is -0.294. The minimum absolute atomic E-state index is 0.0273. The number of carbonyl (C=O) groups excluding carboxylic acids is 6. The van der Waals surface area contributed by atoms with Crippen molar-refractivity contribution in [3.05, 3.63) is 35.9 Å². The Morgan fingerprint density at radius 3 is 1.90 bits per heavy atom. The molecule has 0 radical (unpaired) electrons. The van der Waals surface area contributed by atoms with E-state index < -0.39 is 79.3 Å². The lowest BCUT2D eigenvalue weighted by Gasteiger charge is -2.43. The summed E-state index contributed by atoms with van der Waals surface area (Å²) in [5.41, 5.74) is 0.734. The maximum Gasteiger partial charge on any atom is 0.410 e. The second kappa shape index (κ2) is 14.7. The molecule has 1 aliphatic rings. The third-order valence-electron chi connectivity index (χ3n) is 5.08. The van der Waals surface area contributed by atoms with Gasteiger partial charge in [-0.1, -0.05) is 30.3 Å². The van der Waals surface area contributed by atoms with Gasteiger partial charge in [-0.05, 0) is 12.5 Å². The predicted molar refractivity (Wildman–Crippen MR) is 127 cm³/mol. The van der Waals surface area contributed by atoms with E-state index in [0.29, 0.717) is 0 Å². The van der Waals surface area contributed by atoms with Crippen molar-refractivity contribution in [3.8, 4) is 0 Å². The molecule has 1 fully saturated rings. The van der Waals surface area contributed by atoms with Gasteiger partial charge in [-0.2, -0.15) is 0 Å². The fourth-order valence-corrected chi connectivity index (χ4v) is 3.51. The summed E-state index contributed by atoms with van der Waals surface area (Å²) in [6.07, 6.45) is -8.76. The Morgan fingerprint density at radius 2 is 1.33 bits per heavy atom. The number of benzene rings is 1. The Kier molecular flexibility index (Phi) is 11.7. The van der Waals surface area contributed by atoms with Gasteiger partial charge >= 0.3 is 35.9 Å². The van der Waals surface area contributed by atoms with Gasteiger partial charge in [0.1, 0.15) is 25.4 Å². The number of esters is 5. The van der Waals surface area contributed by atoms with Crippen molar-refractivity contribution in [3.63, 3.8) is 0 Å². The second-order valence-electron chi connectivity index (χ2n) is 8.43. The first-order valence-corrected chi connectivity index (χ1v) is 11.9. The first kappa shape index (κ1) is 31.0. The Balaban J connectivity index is 2.20. The molecule has 1 N–H and O–H groups in total. The molecule has 1 heterocycles. The average Bonchev–Trinajstić information content (AvgIpc) is 2.84. The molecule has 1 amide bonds. The molecule has 6 atom stereocenters. The number of ether oxygens (including phenoxy) is 7. The third kappa shape index (κ3) is 10.2. The van der Waals surface area contributed by atoms with Gasteiger partial charge in [-0.25, -0.2) is 9.59 Å². The number of alkyl carbamates (subject to hydrolysis) is 1. The van der Waals surface area contributed by atoms with Crippen LogP contribution in [0.3, 0.4) is 0 Å². The highest BCUT2D eigenvalue weighted by atomic mass is 16.8. The first-order valence-electron chi connectivity index (χ1n) is 11.9. The largest absolute Gasteiger partial charge is 0.463 e. The Labute approximate surface area is 224 Å². The normalized spacial score (nSPS) is 22.8. The lowest BCUT2D eigenvalue weighted by atomic mass is 9.98. The molecule has 1 saturated heterocycles. The van der Waals surface area contributed by atoms with Gasteiger partial charge in [0, 0.05) is 27.7 Å². The third-order valence-corrected chi connectivity index (χ3v) is 5.08. The molecule has 0 aliphatic carbocycles. The van der Waals surface area contributed by atoms with Crippen molar-refractivity contribution in [2.45, 2.75) is 78.0 Å². The molecular formula is C25H31NO13. The molecule has 0 bridgehead atoms. The smallest absolute Gasteiger partial charge is 0.410 e. The van der Waals surface area contributed by atoms with Gasteiger partial charge in [0.2, 0.25) is 12.4 Å². The van der Waals surface area contributed by atoms with Crippen LogP contribution in [0.5, 0.6) is 0 Å². The average molecular weight is 554 g/mol. The molecule has 2 rings (SSSR count). The summed E-state index contributed by atoms with van der Waals surface area (Å²) in [5, 5.41) is 2.27. The molecule has 1 aromatic carbocycles. The molecule has 214 valence electrons. The van der Waals surface area contributed by atoms with E-state index in [1.165, 1.54) is 6.92 Å². The van der Waals surface area contributed by atoms with Gasteiger partial charge in [-0.3, -0.25) is 19.2 Å². The van der Waals surface area contributed by atoms with E-state index >= 15 is 0 Å². The van der Waals surface area contributed by atoms with Crippen LogP contribution in [-0.4, -0.2) is 79.3 Å². The van der Waals surface area contributed by atoms with Gasteiger partial charge in [-0.15, -0.1) is 0 Å². The van der Waals surface area contributed by atoms with Crippen molar-refractivity contribution in [2.24, 2.45) is 0 Å². The monoisotopic (exact) mass is 553 g/mol. The number of hydrogen-bond donors (Lipinski definition) is 1. The van der Waals surface area contributed by atoms with E-state index in [1.54, 1.807) is 30.3 Å². The summed E-state index contributed by atoms with van der Waals surface area (Å²) in [6.45, 7) is 5.11. The molecule has 1 unspecified atom stereocenters. The SMILES string of the molecule is CC(=O)OC[C@H]1OC(OC(=O)N[C@@H](C)C(=O)OCc2ccccc2)[C@H](OC(C)=O)[C@@H](OC(C)=O)[C@@H]1OC(C)=O. The Morgan fingerprint density at radius 1 is 0.769 bits per heavy atom. The fraction of sp³-hybridized carbons (Fsp3) is 0.520. The van der Waals surface area contributed by atoms with E-state index in [-0.39, 0.29) is 6.61 Å². The van der Waals surface area contributed by atoms with E-state index in [2.05, 4.69) is 5.32 Å². The van der Waals surface area contributed by atoms with Crippen LogP contribution in [0, 0.1) is 0 Å². The zero-order chi connectivity index (χ0) is 29.1. The highest BCUT2D eigenvalue weighted by Gasteiger charge is 2.53. The molecule has 39 heavy (non-hydrogen) atoms. The van der Waals surface area contributed by atoms with Crippen molar-refractivity contribution in [2.75, 3.05) is 6.61 Å². The number of nitrogens with one attached hydrogen (secondary N) is 1. The molecule has 14 nitrogen and oxygen atoms in total. The Hall–Kier alpha value is -4.20. The molecule has 14 heteroatoms. The summed E-state index contributed by atoms with van der Waals surface area (Å²) in [6, 6.07) is 7.70. The number of rotatable bonds is 10. The van der Waals surface area contributed by atoms with Crippen LogP contribution in [-0.2, 0) is 63.7 Å². The summed E-state index contributed by atoms with van der Waals surface area (Å²) >= 11 is 0. The van der Waals surface area contributed by atoms with Crippen LogP contribution in [0.25, 0.3) is 0 Å². The quantitative estimate of drug-likeness (QED) is 0.320. The molecule has 1 aromatic rings. The number of amides is 1.